The van der Waals surface area contributed by atoms with Crippen LogP contribution in [0.15, 0.2) is 18.2 Å². The highest BCUT2D eigenvalue weighted by molar-refractivity contribution is 5.31. The molecule has 15 heavy (non-hydrogen) atoms. The first-order chi connectivity index (χ1) is 7.01. The van der Waals surface area contributed by atoms with Crippen molar-refractivity contribution in [3.05, 3.63) is 29.6 Å². The molecule has 0 radical (unpaired) electrons. The smallest absolute Gasteiger partial charge is 0.274 e. The number of ether oxygens (including phenoxy) is 1. The first-order valence-corrected chi connectivity index (χ1v) is 4.43. The Morgan fingerprint density at radius 2 is 2.07 bits per heavy atom. The summed E-state index contributed by atoms with van der Waals surface area (Å²) in [6.45, 7) is -0.152. The molecule has 1 rings (SSSR count). The maximum atomic E-state index is 13.3. The Labute approximate surface area is 85.8 Å². The van der Waals surface area contributed by atoms with Crippen LogP contribution < -0.4 is 10.5 Å². The molecule has 0 aromatic heterocycles. The van der Waals surface area contributed by atoms with Crippen LogP contribution in [0, 0.1) is 5.82 Å². The summed E-state index contributed by atoms with van der Waals surface area (Å²) in [4.78, 5) is 0. The lowest BCUT2D eigenvalue weighted by atomic mass is 10.1. The molecule has 0 atom stereocenters. The van der Waals surface area contributed by atoms with Crippen molar-refractivity contribution in [2.75, 3.05) is 13.7 Å². The molecule has 0 aliphatic carbocycles. The average molecular weight is 219 g/mol. The summed E-state index contributed by atoms with van der Waals surface area (Å²) in [6.07, 6.45) is -0.501. The molecule has 0 heterocycles. The van der Waals surface area contributed by atoms with Crippen LogP contribution >= 0.6 is 0 Å². The van der Waals surface area contributed by atoms with Crippen LogP contribution in [-0.4, -0.2) is 13.7 Å². The van der Waals surface area contributed by atoms with E-state index < -0.39 is 18.2 Å². The highest BCUT2D eigenvalue weighted by atomic mass is 19.3. The molecular weight excluding hydrogens is 207 g/mol. The Morgan fingerprint density at radius 3 is 2.53 bits per heavy atom. The Hall–Kier alpha value is -1.23. The van der Waals surface area contributed by atoms with Gasteiger partial charge >= 0.3 is 0 Å². The highest BCUT2D eigenvalue weighted by Gasteiger charge is 2.31. The number of alkyl halides is 2. The average Bonchev–Trinajstić information content (AvgIpc) is 2.17. The molecule has 0 saturated carbocycles. The third-order valence-electron chi connectivity index (χ3n) is 2.03. The molecular formula is C10H12F3NO. The maximum absolute atomic E-state index is 13.3. The van der Waals surface area contributed by atoms with Gasteiger partial charge in [0.15, 0.2) is 11.6 Å². The van der Waals surface area contributed by atoms with Gasteiger partial charge in [-0.1, -0.05) is 0 Å². The second-order valence-corrected chi connectivity index (χ2v) is 3.09. The predicted molar refractivity (Wildman–Crippen MR) is 50.5 cm³/mol. The number of nitrogens with two attached hydrogens (primary N) is 1. The van der Waals surface area contributed by atoms with Crippen LogP contribution in [-0.2, 0) is 5.92 Å². The normalized spacial score (nSPS) is 11.5. The fourth-order valence-corrected chi connectivity index (χ4v) is 1.22. The molecule has 1 aromatic carbocycles. The van der Waals surface area contributed by atoms with Crippen LogP contribution in [0.5, 0.6) is 5.75 Å². The number of rotatable bonds is 4. The third kappa shape index (κ3) is 2.62. The van der Waals surface area contributed by atoms with Gasteiger partial charge in [-0.15, -0.1) is 0 Å². The quantitative estimate of drug-likeness (QED) is 0.843. The van der Waals surface area contributed by atoms with E-state index in [2.05, 4.69) is 4.74 Å². The molecule has 1 aromatic rings. The molecule has 0 aliphatic heterocycles. The van der Waals surface area contributed by atoms with E-state index in [1.54, 1.807) is 0 Å². The van der Waals surface area contributed by atoms with Crippen LogP contribution in [0.3, 0.4) is 0 Å². The van der Waals surface area contributed by atoms with Gasteiger partial charge in [0.2, 0.25) is 0 Å². The highest BCUT2D eigenvalue weighted by Crippen LogP contribution is 2.33. The van der Waals surface area contributed by atoms with Crippen molar-refractivity contribution in [1.82, 2.24) is 0 Å². The second kappa shape index (κ2) is 4.53. The zero-order chi connectivity index (χ0) is 11.5. The number of hydrogen-bond acceptors (Lipinski definition) is 2. The molecule has 5 heteroatoms. The summed E-state index contributed by atoms with van der Waals surface area (Å²) < 4.78 is 44.3. The van der Waals surface area contributed by atoms with E-state index >= 15 is 0 Å². The van der Waals surface area contributed by atoms with Crippen LogP contribution in [0.1, 0.15) is 12.0 Å². The second-order valence-electron chi connectivity index (χ2n) is 3.09. The fraction of sp³-hybridized carbons (Fsp3) is 0.400. The number of halogens is 3. The van der Waals surface area contributed by atoms with Gasteiger partial charge in [0.1, 0.15) is 0 Å². The number of benzene rings is 1. The standard InChI is InChI=1S/C10H12F3NO/c1-15-9-3-2-7(6-8(9)11)10(12,13)4-5-14/h2-3,6H,4-5,14H2,1H3. The van der Waals surface area contributed by atoms with Crippen LogP contribution in [0.4, 0.5) is 13.2 Å². The molecule has 0 amide bonds. The van der Waals surface area contributed by atoms with E-state index in [0.29, 0.717) is 0 Å². The molecule has 2 nitrogen and oxygen atoms in total. The molecule has 2 N–H and O–H groups in total. The Bertz CT molecular complexity index is 341. The molecule has 0 saturated heterocycles. The molecule has 0 spiro atoms. The van der Waals surface area contributed by atoms with Crippen molar-refractivity contribution in [3.63, 3.8) is 0 Å². The molecule has 0 unspecified atom stereocenters. The summed E-state index contributed by atoms with van der Waals surface area (Å²) in [6, 6.07) is 3.08. The van der Waals surface area contributed by atoms with E-state index in [1.807, 2.05) is 0 Å². The van der Waals surface area contributed by atoms with Gasteiger partial charge in [-0.25, -0.2) is 13.2 Å². The van der Waals surface area contributed by atoms with Crippen LogP contribution in [0.25, 0.3) is 0 Å². The summed E-state index contributed by atoms with van der Waals surface area (Å²) in [5, 5.41) is 0. The van der Waals surface area contributed by atoms with Gasteiger partial charge in [0.25, 0.3) is 5.92 Å². The SMILES string of the molecule is COc1ccc(C(F)(F)CCN)cc1F. The minimum Gasteiger partial charge on any atom is -0.494 e. The van der Waals surface area contributed by atoms with E-state index in [9.17, 15) is 13.2 Å². The molecule has 0 aliphatic rings. The van der Waals surface area contributed by atoms with E-state index in [0.717, 1.165) is 12.1 Å². The van der Waals surface area contributed by atoms with Gasteiger partial charge in [-0.3, -0.25) is 0 Å². The van der Waals surface area contributed by atoms with Crippen molar-refractivity contribution in [2.45, 2.75) is 12.3 Å². The van der Waals surface area contributed by atoms with Crippen LogP contribution in [0.2, 0.25) is 0 Å². The largest absolute Gasteiger partial charge is 0.494 e. The van der Waals surface area contributed by atoms with Gasteiger partial charge in [0, 0.05) is 12.0 Å². The van der Waals surface area contributed by atoms with Crippen molar-refractivity contribution >= 4 is 0 Å². The van der Waals surface area contributed by atoms with Crippen molar-refractivity contribution in [2.24, 2.45) is 5.73 Å². The number of hydrogen-bond donors (Lipinski definition) is 1. The first kappa shape index (κ1) is 11.8. The van der Waals surface area contributed by atoms with Gasteiger partial charge < -0.3 is 10.5 Å². The van der Waals surface area contributed by atoms with Gasteiger partial charge in [0.05, 0.1) is 7.11 Å². The van der Waals surface area contributed by atoms with Gasteiger partial charge in [-0.2, -0.15) is 0 Å². The summed E-state index contributed by atoms with van der Waals surface area (Å²) in [5.74, 6) is -3.95. The summed E-state index contributed by atoms with van der Waals surface area (Å²) >= 11 is 0. The van der Waals surface area contributed by atoms with E-state index in [-0.39, 0.29) is 17.9 Å². The Morgan fingerprint density at radius 1 is 1.40 bits per heavy atom. The summed E-state index contributed by atoms with van der Waals surface area (Å²) in [5.41, 5.74) is 4.66. The fourth-order valence-electron chi connectivity index (χ4n) is 1.22. The lowest BCUT2D eigenvalue weighted by Gasteiger charge is -2.16. The zero-order valence-corrected chi connectivity index (χ0v) is 8.27. The zero-order valence-electron chi connectivity index (χ0n) is 8.27. The lowest BCUT2D eigenvalue weighted by Crippen LogP contribution is -2.18. The monoisotopic (exact) mass is 219 g/mol. The van der Waals surface area contributed by atoms with E-state index in [1.165, 1.54) is 13.2 Å². The molecule has 0 bridgehead atoms. The van der Waals surface area contributed by atoms with Crippen molar-refractivity contribution in [3.8, 4) is 5.75 Å². The third-order valence-corrected chi connectivity index (χ3v) is 2.03. The summed E-state index contributed by atoms with van der Waals surface area (Å²) in [7, 11) is 1.27. The topological polar surface area (TPSA) is 35.2 Å². The lowest BCUT2D eigenvalue weighted by molar-refractivity contribution is -0.0110. The first-order valence-electron chi connectivity index (χ1n) is 4.43. The Balaban J connectivity index is 3.01. The minimum atomic E-state index is -3.10. The molecule has 0 fully saturated rings. The number of methoxy groups -OCH3 is 1. The minimum absolute atomic E-state index is 0.0534. The molecule has 84 valence electrons. The van der Waals surface area contributed by atoms with Crippen molar-refractivity contribution in [1.29, 1.82) is 0 Å². The predicted octanol–water partition coefficient (Wildman–Crippen LogP) is 2.27. The van der Waals surface area contributed by atoms with Crippen molar-refractivity contribution < 1.29 is 17.9 Å². The Kier molecular flexibility index (Phi) is 3.57. The van der Waals surface area contributed by atoms with Gasteiger partial charge in [-0.05, 0) is 24.7 Å². The maximum Gasteiger partial charge on any atom is 0.274 e. The van der Waals surface area contributed by atoms with E-state index in [4.69, 9.17) is 5.73 Å².